The van der Waals surface area contributed by atoms with Crippen LogP contribution in [0.15, 0.2) is 66.7 Å². The van der Waals surface area contributed by atoms with Crippen molar-refractivity contribution in [3.8, 4) is 11.1 Å². The summed E-state index contributed by atoms with van der Waals surface area (Å²) in [5.41, 5.74) is 2.29. The minimum Gasteiger partial charge on any atom is -0.457 e. The van der Waals surface area contributed by atoms with Gasteiger partial charge in [-0.1, -0.05) is 42.5 Å². The lowest BCUT2D eigenvalue weighted by Gasteiger charge is -2.22. The summed E-state index contributed by atoms with van der Waals surface area (Å²) in [5, 5.41) is -0.642. The molecule has 1 heterocycles. The van der Waals surface area contributed by atoms with Gasteiger partial charge in [0.1, 0.15) is 12.4 Å². The van der Waals surface area contributed by atoms with Gasteiger partial charge in [0.2, 0.25) is 10.0 Å². The third-order valence-electron chi connectivity index (χ3n) is 6.24. The largest absolute Gasteiger partial charge is 0.457 e. The maximum atomic E-state index is 14.9. The third kappa shape index (κ3) is 6.68. The average Bonchev–Trinajstić information content (AvgIpc) is 2.93. The second kappa shape index (κ2) is 11.8. The number of halogens is 1. The van der Waals surface area contributed by atoms with E-state index in [1.54, 1.807) is 30.3 Å². The third-order valence-corrected chi connectivity index (χ3v) is 8.14. The lowest BCUT2D eigenvalue weighted by atomic mass is 9.96. The van der Waals surface area contributed by atoms with Crippen molar-refractivity contribution in [1.29, 1.82) is 0 Å². The van der Waals surface area contributed by atoms with Gasteiger partial charge in [0.25, 0.3) is 0 Å². The second-order valence-electron chi connectivity index (χ2n) is 8.90. The van der Waals surface area contributed by atoms with Gasteiger partial charge in [0, 0.05) is 13.2 Å². The van der Waals surface area contributed by atoms with Crippen molar-refractivity contribution < 1.29 is 31.9 Å². The molecule has 0 bridgehead atoms. The molecule has 1 fully saturated rings. The Labute approximate surface area is 215 Å². The summed E-state index contributed by atoms with van der Waals surface area (Å²) in [6, 6.07) is 18.9. The van der Waals surface area contributed by atoms with Crippen molar-refractivity contribution in [3.05, 3.63) is 94.8 Å². The van der Waals surface area contributed by atoms with Crippen molar-refractivity contribution in [2.24, 2.45) is 0 Å². The fourth-order valence-corrected chi connectivity index (χ4v) is 5.52. The molecule has 0 saturated carbocycles. The van der Waals surface area contributed by atoms with Crippen molar-refractivity contribution in [1.82, 2.24) is 4.72 Å². The number of aryl methyl sites for hydroxylation is 1. The average molecular weight is 526 g/mol. The molecule has 7 nitrogen and oxygen atoms in total. The van der Waals surface area contributed by atoms with Crippen LogP contribution in [0.4, 0.5) is 4.39 Å². The summed E-state index contributed by atoms with van der Waals surface area (Å²) in [7, 11) is -3.74. The zero-order valence-corrected chi connectivity index (χ0v) is 21.2. The Hall–Kier alpha value is -3.40. The van der Waals surface area contributed by atoms with Gasteiger partial charge in [0.15, 0.2) is 5.78 Å². The van der Waals surface area contributed by atoms with Crippen molar-refractivity contribution in [2.75, 3.05) is 19.8 Å². The number of hydrogen-bond donors (Lipinski definition) is 1. The molecule has 0 amide bonds. The lowest BCUT2D eigenvalue weighted by Crippen LogP contribution is -2.40. The molecule has 37 heavy (non-hydrogen) atoms. The molecule has 0 spiro atoms. The van der Waals surface area contributed by atoms with Crippen molar-refractivity contribution in [2.45, 2.75) is 31.6 Å². The topological polar surface area (TPSA) is 98.8 Å². The number of hydrogen-bond acceptors (Lipinski definition) is 6. The minimum absolute atomic E-state index is 0.127. The lowest BCUT2D eigenvalue weighted by molar-refractivity contribution is 0.0472. The van der Waals surface area contributed by atoms with Crippen molar-refractivity contribution >= 4 is 21.8 Å². The normalized spacial score (nSPS) is 14.3. The van der Waals surface area contributed by atoms with E-state index in [-0.39, 0.29) is 17.7 Å². The molecule has 0 radical (unpaired) electrons. The van der Waals surface area contributed by atoms with Crippen LogP contribution >= 0.6 is 0 Å². The molecular formula is C28H28FNO6S. The monoisotopic (exact) mass is 525 g/mol. The van der Waals surface area contributed by atoms with E-state index in [9.17, 15) is 22.4 Å². The van der Waals surface area contributed by atoms with Gasteiger partial charge in [-0.15, -0.1) is 0 Å². The molecule has 4 rings (SSSR count). The molecule has 3 aromatic carbocycles. The fraction of sp³-hybridized carbons (Fsp3) is 0.286. The molecule has 1 aliphatic heterocycles. The summed E-state index contributed by atoms with van der Waals surface area (Å²) in [5.74, 6) is -1.91. The molecule has 1 saturated heterocycles. The fourth-order valence-electron chi connectivity index (χ4n) is 4.14. The maximum Gasteiger partial charge on any atom is 0.338 e. The van der Waals surface area contributed by atoms with Gasteiger partial charge in [-0.05, 0) is 66.3 Å². The Morgan fingerprint density at radius 1 is 1.00 bits per heavy atom. The number of carbonyl (C=O) groups excluding carboxylic acids is 2. The van der Waals surface area contributed by atoms with Gasteiger partial charge in [-0.2, -0.15) is 0 Å². The Balaban J connectivity index is 1.50. The number of benzene rings is 3. The Morgan fingerprint density at radius 2 is 1.73 bits per heavy atom. The van der Waals surface area contributed by atoms with Crippen molar-refractivity contribution in [3.63, 3.8) is 0 Å². The highest BCUT2D eigenvalue weighted by atomic mass is 32.2. The van der Waals surface area contributed by atoms with E-state index < -0.39 is 39.4 Å². The molecule has 0 unspecified atom stereocenters. The first-order chi connectivity index (χ1) is 17.7. The van der Waals surface area contributed by atoms with Gasteiger partial charge in [-0.25, -0.2) is 22.3 Å². The first-order valence-corrected chi connectivity index (χ1v) is 13.5. The van der Waals surface area contributed by atoms with Crippen LogP contribution in [0.25, 0.3) is 11.1 Å². The Kier molecular flexibility index (Phi) is 8.48. The summed E-state index contributed by atoms with van der Waals surface area (Å²) in [6.45, 7) is 1.79. The SMILES string of the molecule is Cc1cc(-c2cccc(C(=O)OCc3ccccc3)c2)cc(C(=O)CNS(=O)(=O)C2CCOCC2)c1F. The number of esters is 1. The highest BCUT2D eigenvalue weighted by molar-refractivity contribution is 7.90. The van der Waals surface area contributed by atoms with E-state index in [4.69, 9.17) is 9.47 Å². The van der Waals surface area contributed by atoms with Crippen LogP contribution in [0.5, 0.6) is 0 Å². The van der Waals surface area contributed by atoms with Crippen LogP contribution in [0.3, 0.4) is 0 Å². The number of ether oxygens (including phenoxy) is 2. The summed E-state index contributed by atoms with van der Waals surface area (Å²) < 4.78 is 52.9. The van der Waals surface area contributed by atoms with E-state index in [2.05, 4.69) is 4.72 Å². The number of nitrogens with one attached hydrogen (secondary N) is 1. The highest BCUT2D eigenvalue weighted by Crippen LogP contribution is 2.26. The number of rotatable bonds is 9. The van der Waals surface area contributed by atoms with E-state index in [1.807, 2.05) is 30.3 Å². The van der Waals surface area contributed by atoms with E-state index in [0.29, 0.717) is 42.7 Å². The van der Waals surface area contributed by atoms with E-state index >= 15 is 0 Å². The number of ketones is 1. The number of carbonyl (C=O) groups is 2. The van der Waals surface area contributed by atoms with Gasteiger partial charge < -0.3 is 9.47 Å². The molecular weight excluding hydrogens is 497 g/mol. The van der Waals surface area contributed by atoms with Crippen LogP contribution < -0.4 is 4.72 Å². The van der Waals surface area contributed by atoms with Crippen LogP contribution in [0.1, 0.15) is 44.7 Å². The second-order valence-corrected chi connectivity index (χ2v) is 10.9. The molecule has 3 aromatic rings. The summed E-state index contributed by atoms with van der Waals surface area (Å²) >= 11 is 0. The van der Waals surface area contributed by atoms with Crippen LogP contribution in [0, 0.1) is 12.7 Å². The van der Waals surface area contributed by atoms with E-state index in [0.717, 1.165) is 5.56 Å². The van der Waals surface area contributed by atoms with Crippen LogP contribution in [-0.2, 0) is 26.1 Å². The zero-order valence-electron chi connectivity index (χ0n) is 20.4. The summed E-state index contributed by atoms with van der Waals surface area (Å²) in [6.07, 6.45) is 0.688. The first-order valence-electron chi connectivity index (χ1n) is 12.0. The van der Waals surface area contributed by atoms with Crippen LogP contribution in [-0.4, -0.2) is 45.2 Å². The smallest absolute Gasteiger partial charge is 0.338 e. The summed E-state index contributed by atoms with van der Waals surface area (Å²) in [4.78, 5) is 25.5. The van der Waals surface area contributed by atoms with E-state index in [1.165, 1.54) is 13.0 Å². The number of Topliss-reactive ketones (excluding diaryl/α,β-unsaturated/α-hetero) is 1. The van der Waals surface area contributed by atoms with Gasteiger partial charge >= 0.3 is 5.97 Å². The van der Waals surface area contributed by atoms with Crippen LogP contribution in [0.2, 0.25) is 0 Å². The quantitative estimate of drug-likeness (QED) is 0.328. The Morgan fingerprint density at radius 3 is 2.46 bits per heavy atom. The molecule has 1 N–H and O–H groups in total. The molecule has 194 valence electrons. The molecule has 0 aromatic heterocycles. The predicted molar refractivity (Wildman–Crippen MR) is 137 cm³/mol. The van der Waals surface area contributed by atoms with Gasteiger partial charge in [-0.3, -0.25) is 4.79 Å². The molecule has 0 aliphatic carbocycles. The molecule has 9 heteroatoms. The maximum absolute atomic E-state index is 14.9. The predicted octanol–water partition coefficient (Wildman–Crippen LogP) is 4.44. The van der Waals surface area contributed by atoms with Gasteiger partial charge in [0.05, 0.1) is 22.9 Å². The first kappa shape index (κ1) is 26.7. The number of sulfonamides is 1. The highest BCUT2D eigenvalue weighted by Gasteiger charge is 2.28. The standard InChI is InChI=1S/C28H28FNO6S/c1-19-14-23(21-8-5-9-22(15-21)28(32)36-18-20-6-3-2-4-7-20)16-25(27(19)29)26(31)17-30-37(33,34)24-10-12-35-13-11-24/h2-9,14-16,24,30H,10-13,17-18H2,1H3. The zero-order chi connectivity index (χ0) is 26.4. The molecule has 1 aliphatic rings. The molecule has 0 atom stereocenters. The minimum atomic E-state index is -3.74. The Bertz CT molecular complexity index is 1390.